The Hall–Kier alpha value is -1.82. The van der Waals surface area contributed by atoms with Crippen molar-refractivity contribution in [2.24, 2.45) is 0 Å². The minimum Gasteiger partial charge on any atom is -0.444 e. The molecule has 6 nitrogen and oxygen atoms in total. The average Bonchev–Trinajstić information content (AvgIpc) is 2.62. The summed E-state index contributed by atoms with van der Waals surface area (Å²) in [4.78, 5) is 18.2. The molecule has 0 bridgehead atoms. The van der Waals surface area contributed by atoms with Gasteiger partial charge in [0.15, 0.2) is 0 Å². The predicted octanol–water partition coefficient (Wildman–Crippen LogP) is 2.36. The number of carbonyl (C=O) groups is 1. The van der Waals surface area contributed by atoms with Crippen LogP contribution in [0.15, 0.2) is 18.5 Å². The lowest BCUT2D eigenvalue weighted by molar-refractivity contribution is 0.0118. The molecule has 0 spiro atoms. The summed E-state index contributed by atoms with van der Waals surface area (Å²) >= 11 is 0. The van der Waals surface area contributed by atoms with E-state index in [1.165, 1.54) is 0 Å². The first-order chi connectivity index (χ1) is 9.87. The number of ether oxygens (including phenoxy) is 2. The maximum atomic E-state index is 12.4. The summed E-state index contributed by atoms with van der Waals surface area (Å²) in [6, 6.07) is 1.60. The third kappa shape index (κ3) is 4.32. The fourth-order valence-electron chi connectivity index (χ4n) is 2.25. The third-order valence-corrected chi connectivity index (χ3v) is 3.13. The number of aromatic nitrogens is 1. The molecular weight excluding hydrogens is 270 g/mol. The molecule has 1 atom stereocenters. The van der Waals surface area contributed by atoms with Crippen molar-refractivity contribution in [3.8, 4) is 0 Å². The normalized spacial score (nSPS) is 20.0. The lowest BCUT2D eigenvalue weighted by Crippen LogP contribution is -2.40. The Bertz CT molecular complexity index is 499. The molecule has 1 saturated heterocycles. The van der Waals surface area contributed by atoms with Gasteiger partial charge in [-0.15, -0.1) is 0 Å². The molecule has 1 aliphatic heterocycles. The maximum Gasteiger partial charge on any atom is 0.410 e. The zero-order valence-electron chi connectivity index (χ0n) is 12.8. The highest BCUT2D eigenvalue weighted by Gasteiger charge is 2.31. The fourth-order valence-corrected chi connectivity index (χ4v) is 2.25. The predicted molar refractivity (Wildman–Crippen MR) is 79.8 cm³/mol. The van der Waals surface area contributed by atoms with E-state index in [4.69, 9.17) is 15.2 Å². The largest absolute Gasteiger partial charge is 0.444 e. The molecule has 0 aromatic carbocycles. The van der Waals surface area contributed by atoms with Crippen LogP contribution in [0.4, 0.5) is 10.5 Å². The van der Waals surface area contributed by atoms with Gasteiger partial charge in [0.1, 0.15) is 5.60 Å². The topological polar surface area (TPSA) is 77.7 Å². The van der Waals surface area contributed by atoms with Crippen molar-refractivity contribution >= 4 is 11.8 Å². The van der Waals surface area contributed by atoms with Crippen LogP contribution in [0.1, 0.15) is 38.8 Å². The lowest BCUT2D eigenvalue weighted by atomic mass is 10.1. The van der Waals surface area contributed by atoms with E-state index >= 15 is 0 Å². The van der Waals surface area contributed by atoms with E-state index in [9.17, 15) is 4.79 Å². The van der Waals surface area contributed by atoms with Crippen molar-refractivity contribution in [2.45, 2.75) is 38.8 Å². The molecular formula is C15H23N3O3. The molecule has 116 valence electrons. The Kier molecular flexibility index (Phi) is 4.67. The molecule has 0 radical (unpaired) electrons. The fraction of sp³-hybridized carbons (Fsp3) is 0.600. The van der Waals surface area contributed by atoms with Crippen LogP contribution in [0.5, 0.6) is 0 Å². The Morgan fingerprint density at radius 1 is 1.48 bits per heavy atom. The second-order valence-corrected chi connectivity index (χ2v) is 6.17. The standard InChI is InChI=1S/C15H23N3O3/c1-15(2,3)21-14(19)18-5-4-6-20-10-13(18)11-7-12(16)9-17-8-11/h7-9,13H,4-6,10,16H2,1-3H3. The van der Waals surface area contributed by atoms with Gasteiger partial charge in [-0.2, -0.15) is 0 Å². The maximum absolute atomic E-state index is 12.4. The summed E-state index contributed by atoms with van der Waals surface area (Å²) < 4.78 is 11.1. The van der Waals surface area contributed by atoms with Gasteiger partial charge in [-0.1, -0.05) is 0 Å². The van der Waals surface area contributed by atoms with E-state index in [1.807, 2.05) is 26.8 Å². The second-order valence-electron chi connectivity index (χ2n) is 6.17. The van der Waals surface area contributed by atoms with E-state index in [1.54, 1.807) is 17.3 Å². The van der Waals surface area contributed by atoms with Crippen molar-refractivity contribution in [3.63, 3.8) is 0 Å². The number of rotatable bonds is 1. The third-order valence-electron chi connectivity index (χ3n) is 3.13. The smallest absolute Gasteiger partial charge is 0.410 e. The van der Waals surface area contributed by atoms with Gasteiger partial charge in [0.05, 0.1) is 18.3 Å². The number of hydrogen-bond acceptors (Lipinski definition) is 5. The molecule has 1 fully saturated rings. The van der Waals surface area contributed by atoms with Crippen LogP contribution >= 0.6 is 0 Å². The van der Waals surface area contributed by atoms with E-state index in [-0.39, 0.29) is 12.1 Å². The molecule has 1 aromatic heterocycles. The monoisotopic (exact) mass is 293 g/mol. The van der Waals surface area contributed by atoms with Gasteiger partial charge in [-0.3, -0.25) is 9.88 Å². The lowest BCUT2D eigenvalue weighted by Gasteiger charge is -2.31. The summed E-state index contributed by atoms with van der Waals surface area (Å²) in [6.45, 7) is 7.22. The highest BCUT2D eigenvalue weighted by atomic mass is 16.6. The van der Waals surface area contributed by atoms with Crippen molar-refractivity contribution in [1.29, 1.82) is 0 Å². The molecule has 6 heteroatoms. The van der Waals surface area contributed by atoms with Gasteiger partial charge in [-0.25, -0.2) is 4.79 Å². The minimum atomic E-state index is -0.525. The van der Waals surface area contributed by atoms with Crippen LogP contribution in [0.3, 0.4) is 0 Å². The van der Waals surface area contributed by atoms with Crippen molar-refractivity contribution in [1.82, 2.24) is 9.88 Å². The molecule has 1 aromatic rings. The summed E-state index contributed by atoms with van der Waals surface area (Å²) in [5, 5.41) is 0. The molecule has 1 amide bonds. The number of carbonyl (C=O) groups excluding carboxylic acids is 1. The molecule has 21 heavy (non-hydrogen) atoms. The van der Waals surface area contributed by atoms with E-state index in [0.29, 0.717) is 25.4 Å². The van der Waals surface area contributed by atoms with Crippen molar-refractivity contribution in [3.05, 3.63) is 24.0 Å². The Labute approximate surface area is 125 Å². The van der Waals surface area contributed by atoms with Gasteiger partial charge >= 0.3 is 6.09 Å². The second kappa shape index (κ2) is 6.30. The van der Waals surface area contributed by atoms with E-state index in [2.05, 4.69) is 4.98 Å². The summed E-state index contributed by atoms with van der Waals surface area (Å²) in [6.07, 6.45) is 3.75. The van der Waals surface area contributed by atoms with Crippen LogP contribution in [0.25, 0.3) is 0 Å². The first-order valence-corrected chi connectivity index (χ1v) is 7.14. The van der Waals surface area contributed by atoms with Gasteiger partial charge in [0, 0.05) is 25.5 Å². The zero-order chi connectivity index (χ0) is 15.5. The molecule has 2 heterocycles. The van der Waals surface area contributed by atoms with Crippen LogP contribution < -0.4 is 5.73 Å². The minimum absolute atomic E-state index is 0.224. The number of hydrogen-bond donors (Lipinski definition) is 1. The molecule has 0 aliphatic carbocycles. The summed E-state index contributed by atoms with van der Waals surface area (Å²) in [5.41, 5.74) is 6.70. The Balaban J connectivity index is 2.24. The first kappa shape index (κ1) is 15.6. The van der Waals surface area contributed by atoms with Crippen LogP contribution in [-0.2, 0) is 9.47 Å². The van der Waals surface area contributed by atoms with Gasteiger partial charge in [-0.05, 0) is 38.8 Å². The number of nitrogens with two attached hydrogens (primary N) is 1. The first-order valence-electron chi connectivity index (χ1n) is 7.14. The van der Waals surface area contributed by atoms with Crippen LogP contribution in [0.2, 0.25) is 0 Å². The molecule has 2 N–H and O–H groups in total. The van der Waals surface area contributed by atoms with Gasteiger partial charge in [0.25, 0.3) is 0 Å². The van der Waals surface area contributed by atoms with E-state index < -0.39 is 5.60 Å². The van der Waals surface area contributed by atoms with Gasteiger partial charge in [0.2, 0.25) is 0 Å². The average molecular weight is 293 g/mol. The Morgan fingerprint density at radius 3 is 2.90 bits per heavy atom. The molecule has 1 aliphatic rings. The number of nitrogens with zero attached hydrogens (tertiary/aromatic N) is 2. The molecule has 2 rings (SSSR count). The number of amides is 1. The Morgan fingerprint density at radius 2 is 2.24 bits per heavy atom. The van der Waals surface area contributed by atoms with E-state index in [0.717, 1.165) is 12.0 Å². The number of nitrogen functional groups attached to an aromatic ring is 1. The summed E-state index contributed by atoms with van der Waals surface area (Å²) in [5.74, 6) is 0. The molecule has 1 unspecified atom stereocenters. The quantitative estimate of drug-likeness (QED) is 0.860. The zero-order valence-corrected chi connectivity index (χ0v) is 12.8. The van der Waals surface area contributed by atoms with Crippen molar-refractivity contribution in [2.75, 3.05) is 25.5 Å². The molecule has 0 saturated carbocycles. The van der Waals surface area contributed by atoms with Gasteiger partial charge < -0.3 is 15.2 Å². The summed E-state index contributed by atoms with van der Waals surface area (Å²) in [7, 11) is 0. The SMILES string of the molecule is CC(C)(C)OC(=O)N1CCCOCC1c1cncc(N)c1. The number of anilines is 1. The van der Waals surface area contributed by atoms with Crippen molar-refractivity contribution < 1.29 is 14.3 Å². The van der Waals surface area contributed by atoms with Crippen LogP contribution in [-0.4, -0.2) is 41.3 Å². The van der Waals surface area contributed by atoms with Crippen LogP contribution in [0, 0.1) is 0 Å². The highest BCUT2D eigenvalue weighted by Crippen LogP contribution is 2.26. The highest BCUT2D eigenvalue weighted by molar-refractivity contribution is 5.69. The number of pyridine rings is 1.